The molecule has 28 heavy (non-hydrogen) atoms. The molecule has 0 saturated carbocycles. The predicted octanol–water partition coefficient (Wildman–Crippen LogP) is 5.33. The first-order valence-corrected chi connectivity index (χ1v) is 9.31. The Morgan fingerprint density at radius 3 is 2.57 bits per heavy atom. The molecular weight excluding hydrogens is 376 g/mol. The lowest BCUT2D eigenvalue weighted by atomic mass is 10.0. The van der Waals surface area contributed by atoms with Crippen molar-refractivity contribution in [3.05, 3.63) is 69.3 Å². The topological polar surface area (TPSA) is 101 Å². The van der Waals surface area contributed by atoms with E-state index in [0.29, 0.717) is 5.82 Å². The fourth-order valence-electron chi connectivity index (χ4n) is 3.07. The Morgan fingerprint density at radius 2 is 1.86 bits per heavy atom. The van der Waals surface area contributed by atoms with E-state index < -0.39 is 4.92 Å². The minimum atomic E-state index is -0.507. The fourth-order valence-corrected chi connectivity index (χ4v) is 4.08. The van der Waals surface area contributed by atoms with Gasteiger partial charge in [-0.2, -0.15) is 0 Å². The van der Waals surface area contributed by atoms with Crippen molar-refractivity contribution in [2.75, 3.05) is 5.32 Å². The Morgan fingerprint density at radius 1 is 1.11 bits per heavy atom. The number of benzene rings is 2. The van der Waals surface area contributed by atoms with Gasteiger partial charge >= 0.3 is 0 Å². The SMILES string of the molecule is Cc1ccc(-c2c(C)sc3ncnc(Nc4cc([N+](=O)[O-])ccc4O)c23)cc1. The van der Waals surface area contributed by atoms with E-state index in [1.807, 2.05) is 38.1 Å². The van der Waals surface area contributed by atoms with Gasteiger partial charge in [-0.3, -0.25) is 10.1 Å². The van der Waals surface area contributed by atoms with E-state index in [9.17, 15) is 15.2 Å². The predicted molar refractivity (Wildman–Crippen MR) is 110 cm³/mol. The molecule has 0 atom stereocenters. The molecule has 4 aromatic rings. The molecule has 0 radical (unpaired) electrons. The third-order valence-corrected chi connectivity index (χ3v) is 5.46. The van der Waals surface area contributed by atoms with Crippen LogP contribution in [0.5, 0.6) is 5.75 Å². The number of nitro benzene ring substituents is 1. The molecule has 2 aromatic carbocycles. The van der Waals surface area contributed by atoms with Gasteiger partial charge in [-0.05, 0) is 25.5 Å². The summed E-state index contributed by atoms with van der Waals surface area (Å²) in [6.07, 6.45) is 1.44. The maximum Gasteiger partial charge on any atom is 0.271 e. The summed E-state index contributed by atoms with van der Waals surface area (Å²) in [6.45, 7) is 4.06. The average molecular weight is 392 g/mol. The minimum Gasteiger partial charge on any atom is -0.506 e. The summed E-state index contributed by atoms with van der Waals surface area (Å²) < 4.78 is 0. The number of rotatable bonds is 4. The molecule has 0 fully saturated rings. The number of thiophene rings is 1. The van der Waals surface area contributed by atoms with Crippen molar-refractivity contribution in [1.82, 2.24) is 9.97 Å². The first-order chi connectivity index (χ1) is 13.4. The largest absolute Gasteiger partial charge is 0.506 e. The number of aryl methyl sites for hydroxylation is 2. The number of anilines is 2. The number of fused-ring (bicyclic) bond motifs is 1. The van der Waals surface area contributed by atoms with Crippen LogP contribution >= 0.6 is 11.3 Å². The monoisotopic (exact) mass is 392 g/mol. The molecule has 7 nitrogen and oxygen atoms in total. The number of hydrogen-bond acceptors (Lipinski definition) is 7. The Kier molecular flexibility index (Phi) is 4.40. The highest BCUT2D eigenvalue weighted by molar-refractivity contribution is 7.19. The van der Waals surface area contributed by atoms with Crippen LogP contribution in [0.1, 0.15) is 10.4 Å². The molecule has 2 N–H and O–H groups in total. The van der Waals surface area contributed by atoms with Crippen LogP contribution in [0.2, 0.25) is 0 Å². The molecule has 0 spiro atoms. The van der Waals surface area contributed by atoms with Crippen molar-refractivity contribution >= 4 is 38.7 Å². The third kappa shape index (κ3) is 3.14. The average Bonchev–Trinajstić information content (AvgIpc) is 3.01. The summed E-state index contributed by atoms with van der Waals surface area (Å²) in [6, 6.07) is 12.0. The van der Waals surface area contributed by atoms with Gasteiger partial charge in [0.1, 0.15) is 22.7 Å². The summed E-state index contributed by atoms with van der Waals surface area (Å²) in [5.41, 5.74) is 3.30. The van der Waals surface area contributed by atoms with E-state index in [1.54, 1.807) is 11.3 Å². The highest BCUT2D eigenvalue weighted by Crippen LogP contribution is 2.42. The normalized spacial score (nSPS) is 10.9. The molecule has 140 valence electrons. The molecule has 0 bridgehead atoms. The van der Waals surface area contributed by atoms with E-state index in [0.717, 1.165) is 31.8 Å². The quantitative estimate of drug-likeness (QED) is 0.276. The summed E-state index contributed by atoms with van der Waals surface area (Å²) in [5, 5.41) is 25.1. The van der Waals surface area contributed by atoms with Crippen molar-refractivity contribution in [2.24, 2.45) is 0 Å². The zero-order valence-electron chi connectivity index (χ0n) is 15.1. The smallest absolute Gasteiger partial charge is 0.271 e. The lowest BCUT2D eigenvalue weighted by Crippen LogP contribution is -1.97. The molecule has 0 unspecified atom stereocenters. The Labute approximate surface area is 164 Å². The van der Waals surface area contributed by atoms with Crippen LogP contribution < -0.4 is 5.32 Å². The second kappa shape index (κ2) is 6.90. The summed E-state index contributed by atoms with van der Waals surface area (Å²) in [5.74, 6) is 0.391. The first kappa shape index (κ1) is 17.9. The van der Waals surface area contributed by atoms with E-state index in [4.69, 9.17) is 0 Å². The van der Waals surface area contributed by atoms with E-state index in [-0.39, 0.29) is 17.1 Å². The maximum absolute atomic E-state index is 11.1. The number of aromatic hydroxyl groups is 1. The van der Waals surface area contributed by atoms with Gasteiger partial charge in [-0.15, -0.1) is 11.3 Å². The zero-order valence-corrected chi connectivity index (χ0v) is 15.9. The fraction of sp³-hybridized carbons (Fsp3) is 0.100. The van der Waals surface area contributed by atoms with E-state index in [2.05, 4.69) is 15.3 Å². The van der Waals surface area contributed by atoms with Gasteiger partial charge in [0.25, 0.3) is 5.69 Å². The molecular formula is C20H16N4O3S. The molecule has 0 aliphatic heterocycles. The zero-order chi connectivity index (χ0) is 19.8. The van der Waals surface area contributed by atoms with Crippen LogP contribution in [0.3, 0.4) is 0 Å². The summed E-state index contributed by atoms with van der Waals surface area (Å²) >= 11 is 1.55. The van der Waals surface area contributed by atoms with Crippen LogP contribution in [-0.4, -0.2) is 20.0 Å². The number of nitro groups is 1. The Hall–Kier alpha value is -3.52. The molecule has 0 aliphatic rings. The first-order valence-electron chi connectivity index (χ1n) is 8.49. The van der Waals surface area contributed by atoms with Gasteiger partial charge in [0.15, 0.2) is 0 Å². The van der Waals surface area contributed by atoms with Gasteiger partial charge in [0.05, 0.1) is 16.0 Å². The van der Waals surface area contributed by atoms with Crippen LogP contribution in [0.4, 0.5) is 17.2 Å². The number of hydrogen-bond donors (Lipinski definition) is 2. The van der Waals surface area contributed by atoms with Gasteiger partial charge < -0.3 is 10.4 Å². The maximum atomic E-state index is 11.1. The second-order valence-corrected chi connectivity index (χ2v) is 7.59. The van der Waals surface area contributed by atoms with Crippen LogP contribution in [0.15, 0.2) is 48.8 Å². The highest BCUT2D eigenvalue weighted by Gasteiger charge is 2.18. The van der Waals surface area contributed by atoms with Gasteiger partial charge in [-0.25, -0.2) is 9.97 Å². The van der Waals surface area contributed by atoms with Crippen molar-refractivity contribution in [2.45, 2.75) is 13.8 Å². The number of phenolic OH excluding ortho intramolecular Hbond substituents is 1. The highest BCUT2D eigenvalue weighted by atomic mass is 32.1. The molecule has 0 aliphatic carbocycles. The van der Waals surface area contributed by atoms with Gasteiger partial charge in [0, 0.05) is 22.6 Å². The van der Waals surface area contributed by atoms with Crippen molar-refractivity contribution in [1.29, 1.82) is 0 Å². The molecule has 2 aromatic heterocycles. The number of non-ortho nitro benzene ring substituents is 1. The van der Waals surface area contributed by atoms with Crippen molar-refractivity contribution < 1.29 is 10.0 Å². The molecule has 4 rings (SSSR count). The number of aromatic nitrogens is 2. The van der Waals surface area contributed by atoms with Gasteiger partial charge in [0.2, 0.25) is 0 Å². The molecule has 2 heterocycles. The van der Waals surface area contributed by atoms with Gasteiger partial charge in [-0.1, -0.05) is 29.8 Å². The molecule has 8 heteroatoms. The summed E-state index contributed by atoms with van der Waals surface area (Å²) in [4.78, 5) is 21.2. The molecule has 0 saturated heterocycles. The standard InChI is InChI=1S/C20H16N4O3S/c1-11-3-5-13(6-4-11)17-12(2)28-20-18(17)19(21-10-22-20)23-15-9-14(24(26)27)7-8-16(15)25/h3-10,25H,1-2H3,(H,21,22,23). The number of nitrogens with zero attached hydrogens (tertiary/aromatic N) is 3. The lowest BCUT2D eigenvalue weighted by Gasteiger charge is -2.10. The Balaban J connectivity index is 1.88. The van der Waals surface area contributed by atoms with E-state index >= 15 is 0 Å². The third-order valence-electron chi connectivity index (χ3n) is 4.45. The van der Waals surface area contributed by atoms with Crippen molar-refractivity contribution in [3.8, 4) is 16.9 Å². The second-order valence-electron chi connectivity index (χ2n) is 6.39. The van der Waals surface area contributed by atoms with Crippen LogP contribution in [-0.2, 0) is 0 Å². The number of nitrogens with one attached hydrogen (secondary N) is 1. The van der Waals surface area contributed by atoms with Crippen LogP contribution in [0.25, 0.3) is 21.3 Å². The number of phenols is 1. The minimum absolute atomic E-state index is 0.0961. The van der Waals surface area contributed by atoms with Crippen LogP contribution in [0, 0.1) is 24.0 Å². The summed E-state index contributed by atoms with van der Waals surface area (Å²) in [7, 11) is 0. The van der Waals surface area contributed by atoms with Crippen molar-refractivity contribution in [3.63, 3.8) is 0 Å². The molecule has 0 amide bonds. The van der Waals surface area contributed by atoms with E-state index in [1.165, 1.54) is 24.5 Å². The Bertz CT molecular complexity index is 1200. The lowest BCUT2D eigenvalue weighted by molar-refractivity contribution is -0.384.